The van der Waals surface area contributed by atoms with Gasteiger partial charge in [-0.15, -0.1) is 0 Å². The molecular formula is C21H39NO3. The van der Waals surface area contributed by atoms with Gasteiger partial charge in [-0.25, -0.2) is 0 Å². The molecule has 4 nitrogen and oxygen atoms in total. The minimum atomic E-state index is -0.173. The van der Waals surface area contributed by atoms with E-state index >= 15 is 0 Å². The van der Waals surface area contributed by atoms with E-state index in [1.807, 2.05) is 7.11 Å². The standard InChI is InChI=1S/C21H39NO3/c1-17(24-3)21(15-10-16-25-18(2)23)22(19-11-6-4-7-12-19)20-13-8-5-9-14-20/h17,19-21H,4-16H2,1-3H3. The van der Waals surface area contributed by atoms with Crippen LogP contribution in [-0.2, 0) is 14.3 Å². The smallest absolute Gasteiger partial charge is 0.302 e. The second kappa shape index (κ2) is 11.2. The first kappa shape index (κ1) is 20.7. The maximum absolute atomic E-state index is 11.0. The van der Waals surface area contributed by atoms with Gasteiger partial charge in [-0.05, 0) is 45.4 Å². The van der Waals surface area contributed by atoms with Crippen molar-refractivity contribution in [1.82, 2.24) is 4.90 Å². The molecule has 2 saturated carbocycles. The van der Waals surface area contributed by atoms with Crippen molar-refractivity contribution in [3.8, 4) is 0 Å². The number of rotatable bonds is 9. The lowest BCUT2D eigenvalue weighted by Crippen LogP contribution is -2.55. The fourth-order valence-electron chi connectivity index (χ4n) is 4.89. The Balaban J connectivity index is 2.07. The molecule has 0 aliphatic heterocycles. The van der Waals surface area contributed by atoms with Gasteiger partial charge in [0.25, 0.3) is 0 Å². The minimum absolute atomic E-state index is 0.173. The van der Waals surface area contributed by atoms with E-state index in [-0.39, 0.29) is 12.1 Å². The molecule has 0 saturated heterocycles. The van der Waals surface area contributed by atoms with Gasteiger partial charge in [0, 0.05) is 32.2 Å². The molecule has 2 fully saturated rings. The summed E-state index contributed by atoms with van der Waals surface area (Å²) in [6.07, 6.45) is 15.8. The molecule has 2 rings (SSSR count). The van der Waals surface area contributed by atoms with Crippen LogP contribution in [0.3, 0.4) is 0 Å². The Morgan fingerprint density at radius 3 is 1.96 bits per heavy atom. The van der Waals surface area contributed by atoms with Gasteiger partial charge in [0.1, 0.15) is 0 Å². The largest absolute Gasteiger partial charge is 0.466 e. The van der Waals surface area contributed by atoms with Crippen LogP contribution >= 0.6 is 0 Å². The molecule has 0 aromatic rings. The van der Waals surface area contributed by atoms with E-state index < -0.39 is 0 Å². The Kier molecular flexibility index (Phi) is 9.25. The number of methoxy groups -OCH3 is 1. The van der Waals surface area contributed by atoms with Gasteiger partial charge in [-0.1, -0.05) is 38.5 Å². The van der Waals surface area contributed by atoms with Crippen LogP contribution in [0, 0.1) is 0 Å². The van der Waals surface area contributed by atoms with Crippen LogP contribution in [0.4, 0.5) is 0 Å². The fraction of sp³-hybridized carbons (Fsp3) is 0.952. The van der Waals surface area contributed by atoms with Crippen molar-refractivity contribution < 1.29 is 14.3 Å². The molecule has 0 bridgehead atoms. The number of esters is 1. The Morgan fingerprint density at radius 2 is 1.52 bits per heavy atom. The highest BCUT2D eigenvalue weighted by atomic mass is 16.5. The zero-order valence-electron chi connectivity index (χ0n) is 16.7. The topological polar surface area (TPSA) is 38.8 Å². The number of hydrogen-bond donors (Lipinski definition) is 0. The molecule has 0 spiro atoms. The van der Waals surface area contributed by atoms with E-state index in [9.17, 15) is 4.79 Å². The molecular weight excluding hydrogens is 314 g/mol. The lowest BCUT2D eigenvalue weighted by atomic mass is 9.85. The molecule has 2 unspecified atom stereocenters. The molecule has 2 aliphatic carbocycles. The summed E-state index contributed by atoms with van der Waals surface area (Å²) in [5, 5.41) is 0. The van der Waals surface area contributed by atoms with Gasteiger partial charge in [-0.3, -0.25) is 9.69 Å². The van der Waals surface area contributed by atoms with Gasteiger partial charge >= 0.3 is 5.97 Å². The summed E-state index contributed by atoms with van der Waals surface area (Å²) in [7, 11) is 1.84. The average molecular weight is 354 g/mol. The van der Waals surface area contributed by atoms with Crippen LogP contribution in [0.25, 0.3) is 0 Å². The Morgan fingerprint density at radius 1 is 1.00 bits per heavy atom. The number of carbonyl (C=O) groups is 1. The molecule has 0 heterocycles. The molecule has 2 atom stereocenters. The van der Waals surface area contributed by atoms with E-state index in [2.05, 4.69) is 11.8 Å². The quantitative estimate of drug-likeness (QED) is 0.445. The monoisotopic (exact) mass is 353 g/mol. The molecule has 0 aromatic heterocycles. The molecule has 146 valence electrons. The lowest BCUT2D eigenvalue weighted by Gasteiger charge is -2.48. The summed E-state index contributed by atoms with van der Waals surface area (Å²) in [6.45, 7) is 4.24. The molecule has 2 aliphatic rings. The maximum atomic E-state index is 11.0. The summed E-state index contributed by atoms with van der Waals surface area (Å²) in [5.41, 5.74) is 0. The molecule has 0 amide bonds. The highest BCUT2D eigenvalue weighted by Crippen LogP contribution is 2.34. The third kappa shape index (κ3) is 6.56. The number of nitrogens with zero attached hydrogens (tertiary/aromatic N) is 1. The van der Waals surface area contributed by atoms with Crippen LogP contribution in [0.1, 0.15) is 90.9 Å². The van der Waals surface area contributed by atoms with E-state index in [4.69, 9.17) is 9.47 Å². The van der Waals surface area contributed by atoms with Gasteiger partial charge in [0.15, 0.2) is 0 Å². The van der Waals surface area contributed by atoms with Gasteiger partial charge < -0.3 is 9.47 Å². The Hall–Kier alpha value is -0.610. The SMILES string of the molecule is COC(C)C(CCCOC(C)=O)N(C1CCCCC1)C1CCCCC1. The van der Waals surface area contributed by atoms with Crippen LogP contribution in [0.15, 0.2) is 0 Å². The highest BCUT2D eigenvalue weighted by Gasteiger charge is 2.36. The number of hydrogen-bond acceptors (Lipinski definition) is 4. The van der Waals surface area contributed by atoms with Crippen molar-refractivity contribution in [2.45, 2.75) is 115 Å². The summed E-state index contributed by atoms with van der Waals surface area (Å²) in [6, 6.07) is 1.87. The van der Waals surface area contributed by atoms with E-state index in [0.29, 0.717) is 24.7 Å². The third-order valence-electron chi connectivity index (χ3n) is 6.24. The van der Waals surface area contributed by atoms with Crippen molar-refractivity contribution in [3.63, 3.8) is 0 Å². The van der Waals surface area contributed by atoms with E-state index in [1.165, 1.54) is 71.1 Å². The fourth-order valence-corrected chi connectivity index (χ4v) is 4.89. The van der Waals surface area contributed by atoms with Gasteiger partial charge in [-0.2, -0.15) is 0 Å². The van der Waals surface area contributed by atoms with Crippen molar-refractivity contribution in [2.24, 2.45) is 0 Å². The first-order valence-corrected chi connectivity index (χ1v) is 10.6. The summed E-state index contributed by atoms with van der Waals surface area (Å²) >= 11 is 0. The second-order valence-corrected chi connectivity index (χ2v) is 8.02. The van der Waals surface area contributed by atoms with Gasteiger partial charge in [0.2, 0.25) is 0 Å². The van der Waals surface area contributed by atoms with Crippen LogP contribution in [0.2, 0.25) is 0 Å². The molecule has 25 heavy (non-hydrogen) atoms. The third-order valence-corrected chi connectivity index (χ3v) is 6.24. The zero-order chi connectivity index (χ0) is 18.1. The van der Waals surface area contributed by atoms with Crippen molar-refractivity contribution >= 4 is 5.97 Å². The first-order chi connectivity index (χ1) is 12.1. The van der Waals surface area contributed by atoms with Gasteiger partial charge in [0.05, 0.1) is 12.7 Å². The summed E-state index contributed by atoms with van der Waals surface area (Å²) in [5.74, 6) is -0.173. The Labute approximate surface area is 154 Å². The molecule has 0 N–H and O–H groups in total. The van der Waals surface area contributed by atoms with Crippen molar-refractivity contribution in [2.75, 3.05) is 13.7 Å². The first-order valence-electron chi connectivity index (χ1n) is 10.6. The van der Waals surface area contributed by atoms with Crippen molar-refractivity contribution in [3.05, 3.63) is 0 Å². The zero-order valence-corrected chi connectivity index (χ0v) is 16.7. The van der Waals surface area contributed by atoms with E-state index in [1.54, 1.807) is 0 Å². The number of carbonyl (C=O) groups excluding carboxylic acids is 1. The molecule has 0 aromatic carbocycles. The Bertz CT molecular complexity index is 357. The van der Waals surface area contributed by atoms with E-state index in [0.717, 1.165) is 12.8 Å². The van der Waals surface area contributed by atoms with Crippen LogP contribution in [0.5, 0.6) is 0 Å². The predicted octanol–water partition coefficient (Wildman–Crippen LogP) is 4.70. The number of ether oxygens (including phenoxy) is 2. The second-order valence-electron chi connectivity index (χ2n) is 8.02. The normalized spacial score (nSPS) is 22.7. The molecule has 4 heteroatoms. The lowest BCUT2D eigenvalue weighted by molar-refractivity contribution is -0.141. The summed E-state index contributed by atoms with van der Waals surface area (Å²) in [4.78, 5) is 13.9. The minimum Gasteiger partial charge on any atom is -0.466 e. The maximum Gasteiger partial charge on any atom is 0.302 e. The van der Waals surface area contributed by atoms with Crippen molar-refractivity contribution in [1.29, 1.82) is 0 Å². The summed E-state index contributed by atoms with van der Waals surface area (Å²) < 4.78 is 11.0. The predicted molar refractivity (Wildman–Crippen MR) is 102 cm³/mol. The van der Waals surface area contributed by atoms with Crippen LogP contribution < -0.4 is 0 Å². The van der Waals surface area contributed by atoms with Crippen LogP contribution in [-0.4, -0.2) is 48.8 Å². The highest BCUT2D eigenvalue weighted by molar-refractivity contribution is 5.65. The average Bonchev–Trinajstić information content (AvgIpc) is 2.65. The molecule has 0 radical (unpaired) electrons.